The summed E-state index contributed by atoms with van der Waals surface area (Å²) in [5, 5.41) is 0. The molecule has 5 heteroatoms. The molecule has 12 heavy (non-hydrogen) atoms. The van der Waals surface area contributed by atoms with Crippen molar-refractivity contribution in [3.8, 4) is 0 Å². The van der Waals surface area contributed by atoms with E-state index in [1.54, 1.807) is 0 Å². The zero-order valence-corrected chi connectivity index (χ0v) is 7.07. The average molecular weight is 181 g/mol. The van der Waals surface area contributed by atoms with Crippen LogP contribution >= 0.6 is 0 Å². The molecule has 0 aromatic rings. The molecule has 0 N–H and O–H groups in total. The first-order valence-electron chi connectivity index (χ1n) is 3.21. The fourth-order valence-electron chi connectivity index (χ4n) is 0.622. The standard InChI is InChI=1S/C7H10F3NO/c1-5(12)6(4-11(2)3)7(8,9)10/h4H,1-3H3/b6-4+. The molecule has 0 atom stereocenters. The van der Waals surface area contributed by atoms with Gasteiger partial charge in [-0.2, -0.15) is 13.2 Å². The van der Waals surface area contributed by atoms with E-state index in [9.17, 15) is 18.0 Å². The highest BCUT2D eigenvalue weighted by molar-refractivity contribution is 5.94. The first kappa shape index (κ1) is 11.0. The molecule has 0 saturated heterocycles. The van der Waals surface area contributed by atoms with Crippen molar-refractivity contribution in [2.45, 2.75) is 13.1 Å². The normalized spacial score (nSPS) is 13.0. The molecule has 0 fully saturated rings. The molecule has 0 unspecified atom stereocenters. The summed E-state index contributed by atoms with van der Waals surface area (Å²) in [7, 11) is 2.85. The quantitative estimate of drug-likeness (QED) is 0.603. The number of nitrogens with zero attached hydrogens (tertiary/aromatic N) is 1. The molecule has 0 aromatic heterocycles. The molecule has 2 nitrogen and oxygen atoms in total. The van der Waals surface area contributed by atoms with Crippen molar-refractivity contribution in [1.29, 1.82) is 0 Å². The SMILES string of the molecule is CC(=O)/C(=C\N(C)C)C(F)(F)F. The first-order chi connectivity index (χ1) is 5.25. The summed E-state index contributed by atoms with van der Waals surface area (Å²) in [6.45, 7) is 0.892. The van der Waals surface area contributed by atoms with Crippen LogP contribution in [0.3, 0.4) is 0 Å². The zero-order chi connectivity index (χ0) is 9.94. The topological polar surface area (TPSA) is 20.3 Å². The van der Waals surface area contributed by atoms with Crippen molar-refractivity contribution in [3.05, 3.63) is 11.8 Å². The Kier molecular flexibility index (Phi) is 3.30. The van der Waals surface area contributed by atoms with E-state index < -0.39 is 17.5 Å². The highest BCUT2D eigenvalue weighted by Gasteiger charge is 2.36. The Morgan fingerprint density at radius 3 is 1.83 bits per heavy atom. The third kappa shape index (κ3) is 3.41. The van der Waals surface area contributed by atoms with Gasteiger partial charge in [0.15, 0.2) is 5.78 Å². The molecule has 0 rings (SSSR count). The van der Waals surface area contributed by atoms with Gasteiger partial charge in [-0.25, -0.2) is 0 Å². The molecule has 0 aliphatic carbocycles. The lowest BCUT2D eigenvalue weighted by Crippen LogP contribution is -2.21. The highest BCUT2D eigenvalue weighted by atomic mass is 19.4. The Labute approximate surface area is 68.7 Å². The van der Waals surface area contributed by atoms with Crippen molar-refractivity contribution in [2.24, 2.45) is 0 Å². The molecule has 0 spiro atoms. The number of rotatable bonds is 2. The monoisotopic (exact) mass is 181 g/mol. The van der Waals surface area contributed by atoms with Gasteiger partial charge < -0.3 is 4.90 Å². The number of carbonyl (C=O) groups is 1. The van der Waals surface area contributed by atoms with E-state index in [1.807, 2.05) is 0 Å². The largest absolute Gasteiger partial charge is 0.421 e. The van der Waals surface area contributed by atoms with E-state index in [2.05, 4.69) is 0 Å². The molecule has 0 heterocycles. The smallest absolute Gasteiger partial charge is 0.383 e. The van der Waals surface area contributed by atoms with Crippen LogP contribution in [0.4, 0.5) is 13.2 Å². The first-order valence-corrected chi connectivity index (χ1v) is 3.21. The van der Waals surface area contributed by atoms with Crippen LogP contribution in [0.1, 0.15) is 6.92 Å². The molecule has 0 aliphatic heterocycles. The number of hydrogen-bond donors (Lipinski definition) is 0. The second-order valence-corrected chi connectivity index (χ2v) is 2.56. The minimum atomic E-state index is -4.56. The van der Waals surface area contributed by atoms with Crippen LogP contribution in [0.15, 0.2) is 11.8 Å². The Morgan fingerprint density at radius 2 is 1.75 bits per heavy atom. The second-order valence-electron chi connectivity index (χ2n) is 2.56. The average Bonchev–Trinajstić information content (AvgIpc) is 1.79. The third-order valence-electron chi connectivity index (χ3n) is 1.07. The number of alkyl halides is 3. The van der Waals surface area contributed by atoms with Crippen molar-refractivity contribution in [3.63, 3.8) is 0 Å². The minimum absolute atomic E-state index is 0.766. The summed E-state index contributed by atoms with van der Waals surface area (Å²) in [5.41, 5.74) is -1.13. The van der Waals surface area contributed by atoms with Gasteiger partial charge in [-0.1, -0.05) is 0 Å². The van der Waals surface area contributed by atoms with Crippen molar-refractivity contribution >= 4 is 5.78 Å². The van der Waals surface area contributed by atoms with Crippen LogP contribution in [0, 0.1) is 0 Å². The molecule has 0 radical (unpaired) electrons. The Bertz CT molecular complexity index is 205. The number of carbonyl (C=O) groups excluding carboxylic acids is 1. The van der Waals surface area contributed by atoms with E-state index >= 15 is 0 Å². The maximum absolute atomic E-state index is 12.0. The highest BCUT2D eigenvalue weighted by Crippen LogP contribution is 2.26. The van der Waals surface area contributed by atoms with Gasteiger partial charge in [0.2, 0.25) is 0 Å². The molecule has 0 aliphatic rings. The number of allylic oxidation sites excluding steroid dienone is 1. The predicted octanol–water partition coefficient (Wildman–Crippen LogP) is 1.58. The van der Waals surface area contributed by atoms with Gasteiger partial charge in [0.1, 0.15) is 5.57 Å². The van der Waals surface area contributed by atoms with Crippen LogP contribution in [0.5, 0.6) is 0 Å². The Balaban J connectivity index is 4.81. The van der Waals surface area contributed by atoms with Crippen LogP contribution in [-0.2, 0) is 4.79 Å². The predicted molar refractivity (Wildman–Crippen MR) is 38.5 cm³/mol. The molecule has 0 aromatic carbocycles. The van der Waals surface area contributed by atoms with E-state index in [4.69, 9.17) is 0 Å². The molecule has 0 saturated carbocycles. The summed E-state index contributed by atoms with van der Waals surface area (Å²) in [6.07, 6.45) is -3.79. The Hall–Kier alpha value is -1.00. The summed E-state index contributed by atoms with van der Waals surface area (Å²) < 4.78 is 36.0. The van der Waals surface area contributed by atoms with Crippen molar-refractivity contribution < 1.29 is 18.0 Å². The van der Waals surface area contributed by atoms with Crippen LogP contribution in [-0.4, -0.2) is 31.0 Å². The molecule has 0 amide bonds. The summed E-state index contributed by atoms with van der Waals surface area (Å²) >= 11 is 0. The summed E-state index contributed by atoms with van der Waals surface area (Å²) in [6, 6.07) is 0. The summed E-state index contributed by atoms with van der Waals surface area (Å²) in [5.74, 6) is -0.976. The van der Waals surface area contributed by atoms with Gasteiger partial charge >= 0.3 is 6.18 Å². The van der Waals surface area contributed by atoms with Gasteiger partial charge in [0.05, 0.1) is 0 Å². The molecule has 0 bridgehead atoms. The molecular weight excluding hydrogens is 171 g/mol. The van der Waals surface area contributed by atoms with E-state index in [1.165, 1.54) is 19.0 Å². The number of ketones is 1. The lowest BCUT2D eigenvalue weighted by molar-refractivity contribution is -0.127. The molecule has 70 valence electrons. The van der Waals surface area contributed by atoms with E-state index in [0.717, 1.165) is 13.1 Å². The van der Waals surface area contributed by atoms with Crippen LogP contribution in [0.2, 0.25) is 0 Å². The third-order valence-corrected chi connectivity index (χ3v) is 1.07. The lowest BCUT2D eigenvalue weighted by atomic mass is 10.2. The van der Waals surface area contributed by atoms with Gasteiger partial charge in [-0.15, -0.1) is 0 Å². The van der Waals surface area contributed by atoms with Crippen LogP contribution in [0.25, 0.3) is 0 Å². The van der Waals surface area contributed by atoms with E-state index in [-0.39, 0.29) is 0 Å². The number of hydrogen-bond acceptors (Lipinski definition) is 2. The molecular formula is C7H10F3NO. The lowest BCUT2D eigenvalue weighted by Gasteiger charge is -2.11. The van der Waals surface area contributed by atoms with E-state index in [0.29, 0.717) is 0 Å². The minimum Gasteiger partial charge on any atom is -0.383 e. The fourth-order valence-corrected chi connectivity index (χ4v) is 0.622. The van der Waals surface area contributed by atoms with Gasteiger partial charge in [-0.3, -0.25) is 4.79 Å². The Morgan fingerprint density at radius 1 is 1.33 bits per heavy atom. The number of Topliss-reactive ketones (excluding diaryl/α,β-unsaturated/α-hetero) is 1. The maximum Gasteiger partial charge on any atom is 0.421 e. The second kappa shape index (κ2) is 3.60. The summed E-state index contributed by atoms with van der Waals surface area (Å²) in [4.78, 5) is 11.7. The van der Waals surface area contributed by atoms with Crippen LogP contribution < -0.4 is 0 Å². The van der Waals surface area contributed by atoms with Gasteiger partial charge in [0, 0.05) is 20.3 Å². The van der Waals surface area contributed by atoms with Crippen molar-refractivity contribution in [2.75, 3.05) is 14.1 Å². The zero-order valence-electron chi connectivity index (χ0n) is 7.07. The maximum atomic E-state index is 12.0. The number of halogens is 3. The van der Waals surface area contributed by atoms with Crippen molar-refractivity contribution in [1.82, 2.24) is 4.90 Å². The van der Waals surface area contributed by atoms with Gasteiger partial charge in [0.25, 0.3) is 0 Å². The van der Waals surface area contributed by atoms with Gasteiger partial charge in [-0.05, 0) is 6.92 Å². The fraction of sp³-hybridized carbons (Fsp3) is 0.571.